The molecule has 0 aliphatic heterocycles. The van der Waals surface area contributed by atoms with Crippen LogP contribution < -0.4 is 0 Å². The van der Waals surface area contributed by atoms with Gasteiger partial charge in [0.05, 0.1) is 0 Å². The lowest BCUT2D eigenvalue weighted by molar-refractivity contribution is 0.349. The van der Waals surface area contributed by atoms with Gasteiger partial charge in [0.2, 0.25) is 0 Å². The van der Waals surface area contributed by atoms with Crippen LogP contribution in [-0.2, 0) is 5.11 Å². The third-order valence-electron chi connectivity index (χ3n) is 1.73. The van der Waals surface area contributed by atoms with Crippen LogP contribution >= 0.6 is 0 Å². The molecule has 1 nitrogen and oxygen atoms in total. The molecule has 0 saturated carbocycles. The summed E-state index contributed by atoms with van der Waals surface area (Å²) in [4.78, 5) is 0. The fourth-order valence-electron chi connectivity index (χ4n) is 0.979. The maximum absolute atomic E-state index is 9.91. The minimum Gasteiger partial charge on any atom is -0.299 e. The molecule has 1 radical (unpaired) electrons. The Morgan fingerprint density at radius 2 is 1.50 bits per heavy atom. The van der Waals surface area contributed by atoms with Crippen LogP contribution in [0.2, 0.25) is 0 Å². The molecule has 0 aromatic heterocycles. The molecule has 0 bridgehead atoms. The molecule has 0 spiro atoms. The van der Waals surface area contributed by atoms with Gasteiger partial charge in [-0.15, -0.1) is 0 Å². The van der Waals surface area contributed by atoms with Crippen molar-refractivity contribution in [3.8, 4) is 0 Å². The zero-order chi connectivity index (χ0) is 9.07. The zero-order valence-corrected chi connectivity index (χ0v) is 7.96. The summed E-state index contributed by atoms with van der Waals surface area (Å²) in [7, 11) is 0. The highest BCUT2D eigenvalue weighted by Gasteiger charge is 1.81. The minimum absolute atomic E-state index is 0.876. The Bertz CT molecular complexity index is 125. The lowest BCUT2D eigenvalue weighted by Gasteiger charge is -1.90. The van der Waals surface area contributed by atoms with Crippen LogP contribution in [0.1, 0.15) is 45.4 Å². The fourth-order valence-corrected chi connectivity index (χ4v) is 0.979. The van der Waals surface area contributed by atoms with Gasteiger partial charge in [0.25, 0.3) is 0 Å². The lowest BCUT2D eigenvalue weighted by Crippen LogP contribution is -1.70. The predicted octanol–water partition coefficient (Wildman–Crippen LogP) is 3.85. The molecule has 0 amide bonds. The maximum atomic E-state index is 9.91. The second kappa shape index (κ2) is 10.3. The van der Waals surface area contributed by atoms with Crippen molar-refractivity contribution in [3.63, 3.8) is 0 Å². The van der Waals surface area contributed by atoms with Crippen LogP contribution in [0.3, 0.4) is 0 Å². The molecule has 1 heteroatoms. The molecular formula is C11H19O. The van der Waals surface area contributed by atoms with Crippen LogP contribution in [0, 0.1) is 0 Å². The third kappa shape index (κ3) is 9.28. The predicted molar refractivity (Wildman–Crippen MR) is 52.3 cm³/mol. The van der Waals surface area contributed by atoms with E-state index < -0.39 is 0 Å². The molecule has 69 valence electrons. The van der Waals surface area contributed by atoms with Gasteiger partial charge >= 0.3 is 0 Å². The molecule has 0 aromatic carbocycles. The Balaban J connectivity index is 3.02. The van der Waals surface area contributed by atoms with Crippen molar-refractivity contribution >= 4 is 0 Å². The number of unbranched alkanes of at least 4 members (excludes halogenated alkanes) is 4. The van der Waals surface area contributed by atoms with Crippen molar-refractivity contribution in [2.45, 2.75) is 45.4 Å². The fraction of sp³-hybridized carbons (Fsp3) is 0.636. The average molecular weight is 167 g/mol. The lowest BCUT2D eigenvalue weighted by atomic mass is 10.2. The summed E-state index contributed by atoms with van der Waals surface area (Å²) in [5.41, 5.74) is 0. The Hall–Kier alpha value is -0.720. The zero-order valence-electron chi connectivity index (χ0n) is 7.96. The average Bonchev–Trinajstić information content (AvgIpc) is 2.10. The minimum atomic E-state index is 0.876. The van der Waals surface area contributed by atoms with E-state index in [-0.39, 0.29) is 0 Å². The molecule has 0 fully saturated rings. The molecule has 12 heavy (non-hydrogen) atoms. The molecule has 0 aliphatic carbocycles. The van der Waals surface area contributed by atoms with E-state index in [2.05, 4.69) is 19.1 Å². The van der Waals surface area contributed by atoms with Crippen molar-refractivity contribution < 1.29 is 5.11 Å². The van der Waals surface area contributed by atoms with Gasteiger partial charge in [-0.2, -0.15) is 0 Å². The van der Waals surface area contributed by atoms with Gasteiger partial charge in [0.15, 0.2) is 0 Å². The maximum Gasteiger partial charge on any atom is 0.138 e. The van der Waals surface area contributed by atoms with Crippen LogP contribution in [0.5, 0.6) is 0 Å². The van der Waals surface area contributed by atoms with Gasteiger partial charge in [-0.1, -0.05) is 31.9 Å². The highest BCUT2D eigenvalue weighted by Crippen LogP contribution is 2.00. The summed E-state index contributed by atoms with van der Waals surface area (Å²) in [6.07, 6.45) is 13.9. The van der Waals surface area contributed by atoms with Gasteiger partial charge < -0.3 is 0 Å². The Kier molecular flexibility index (Phi) is 9.66. The first kappa shape index (κ1) is 11.3. The van der Waals surface area contributed by atoms with E-state index in [1.807, 2.05) is 0 Å². The van der Waals surface area contributed by atoms with Gasteiger partial charge in [0.1, 0.15) is 6.26 Å². The summed E-state index contributed by atoms with van der Waals surface area (Å²) < 4.78 is 0. The topological polar surface area (TPSA) is 19.9 Å². The Morgan fingerprint density at radius 1 is 0.917 bits per heavy atom. The smallest absolute Gasteiger partial charge is 0.138 e. The van der Waals surface area contributed by atoms with E-state index in [1.54, 1.807) is 6.08 Å². The van der Waals surface area contributed by atoms with E-state index in [0.29, 0.717) is 0 Å². The van der Waals surface area contributed by atoms with Crippen LogP contribution in [0.15, 0.2) is 24.5 Å². The van der Waals surface area contributed by atoms with E-state index in [4.69, 9.17) is 0 Å². The highest BCUT2D eigenvalue weighted by molar-refractivity contribution is 4.82. The van der Waals surface area contributed by atoms with Gasteiger partial charge in [-0.25, -0.2) is 0 Å². The SMILES string of the molecule is CCCC/C=C/CCC/C=C/[O]. The number of allylic oxidation sites excluding steroid dienone is 3. The molecule has 0 aromatic rings. The van der Waals surface area contributed by atoms with Gasteiger partial charge in [-0.3, -0.25) is 5.11 Å². The molecule has 0 N–H and O–H groups in total. The van der Waals surface area contributed by atoms with E-state index in [0.717, 1.165) is 25.5 Å². The second-order valence-electron chi connectivity index (χ2n) is 2.92. The summed E-state index contributed by atoms with van der Waals surface area (Å²) in [5, 5.41) is 9.91. The van der Waals surface area contributed by atoms with E-state index in [9.17, 15) is 5.11 Å². The highest BCUT2D eigenvalue weighted by atomic mass is 16.2. The van der Waals surface area contributed by atoms with Crippen LogP contribution in [0.25, 0.3) is 0 Å². The Morgan fingerprint density at radius 3 is 2.08 bits per heavy atom. The largest absolute Gasteiger partial charge is 0.299 e. The van der Waals surface area contributed by atoms with Gasteiger partial charge in [-0.05, 0) is 31.8 Å². The number of hydrogen-bond donors (Lipinski definition) is 0. The Labute approximate surface area is 75.8 Å². The molecule has 0 atom stereocenters. The molecule has 0 rings (SSSR count). The quantitative estimate of drug-likeness (QED) is 0.312. The van der Waals surface area contributed by atoms with Crippen molar-refractivity contribution in [1.29, 1.82) is 0 Å². The second-order valence-corrected chi connectivity index (χ2v) is 2.92. The number of hydrogen-bond acceptors (Lipinski definition) is 0. The summed E-state index contributed by atoms with van der Waals surface area (Å²) in [5.74, 6) is 0. The molecule has 0 aliphatic rings. The standard InChI is InChI=1S/C11H19O/c1-2-3-4-5-6-7-8-9-10-11-12/h5-6,10-11H,2-4,7-9H2,1H3/b6-5+,11-10+. The number of rotatable bonds is 7. The normalized spacial score (nSPS) is 11.8. The summed E-state index contributed by atoms with van der Waals surface area (Å²) in [6.45, 7) is 2.20. The molecular weight excluding hydrogens is 148 g/mol. The van der Waals surface area contributed by atoms with E-state index >= 15 is 0 Å². The molecule has 0 saturated heterocycles. The van der Waals surface area contributed by atoms with Crippen molar-refractivity contribution in [2.24, 2.45) is 0 Å². The molecule has 0 unspecified atom stereocenters. The van der Waals surface area contributed by atoms with Gasteiger partial charge in [0, 0.05) is 0 Å². The first-order valence-corrected chi connectivity index (χ1v) is 4.83. The molecule has 0 heterocycles. The van der Waals surface area contributed by atoms with Crippen molar-refractivity contribution in [2.75, 3.05) is 0 Å². The summed E-state index contributed by atoms with van der Waals surface area (Å²) >= 11 is 0. The van der Waals surface area contributed by atoms with Crippen molar-refractivity contribution in [3.05, 3.63) is 24.5 Å². The van der Waals surface area contributed by atoms with E-state index in [1.165, 1.54) is 19.3 Å². The van der Waals surface area contributed by atoms with Crippen LogP contribution in [-0.4, -0.2) is 0 Å². The summed E-state index contributed by atoms with van der Waals surface area (Å²) in [6, 6.07) is 0. The van der Waals surface area contributed by atoms with Crippen LogP contribution in [0.4, 0.5) is 0 Å². The first-order chi connectivity index (χ1) is 5.91. The third-order valence-corrected chi connectivity index (χ3v) is 1.73. The first-order valence-electron chi connectivity index (χ1n) is 4.83. The van der Waals surface area contributed by atoms with Crippen molar-refractivity contribution in [1.82, 2.24) is 0 Å². The monoisotopic (exact) mass is 167 g/mol.